The molecule has 0 amide bonds. The Labute approximate surface area is 207 Å². The van der Waals surface area contributed by atoms with Gasteiger partial charge in [-0.25, -0.2) is 9.37 Å². The van der Waals surface area contributed by atoms with Crippen molar-refractivity contribution in [3.05, 3.63) is 63.8 Å². The fourth-order valence-electron chi connectivity index (χ4n) is 4.95. The second kappa shape index (κ2) is 8.09. The Bertz CT molecular complexity index is 1470. The third-order valence-corrected chi connectivity index (χ3v) is 7.44. The van der Waals surface area contributed by atoms with E-state index in [1.165, 1.54) is 25.0 Å². The maximum absolute atomic E-state index is 14.4. The van der Waals surface area contributed by atoms with Gasteiger partial charge in [0.15, 0.2) is 11.6 Å². The molecule has 1 fully saturated rings. The summed E-state index contributed by atoms with van der Waals surface area (Å²) in [6, 6.07) is 6.57. The highest BCUT2D eigenvalue weighted by atomic mass is 35.5. The molecular weight excluding hydrogens is 467 g/mol. The van der Waals surface area contributed by atoms with Crippen molar-refractivity contribution in [3.8, 4) is 28.3 Å². The summed E-state index contributed by atoms with van der Waals surface area (Å²) in [7, 11) is 1.81. The topological polar surface area (TPSA) is 83.8 Å². The fourth-order valence-corrected chi connectivity index (χ4v) is 5.14. The monoisotopic (exact) mass is 492 g/mol. The Hall–Kier alpha value is -3.39. The highest BCUT2D eigenvalue weighted by molar-refractivity contribution is 6.30. The van der Waals surface area contributed by atoms with Gasteiger partial charge < -0.3 is 10.5 Å². The third-order valence-electron chi connectivity index (χ3n) is 6.97. The fraction of sp³-hybridized carbons (Fsp3) is 0.346. The number of aromatic nitrogens is 5. The van der Waals surface area contributed by atoms with Gasteiger partial charge in [-0.15, -0.1) is 0 Å². The molecule has 0 spiro atoms. The Balaban J connectivity index is 1.65. The van der Waals surface area contributed by atoms with Crippen LogP contribution >= 0.6 is 11.6 Å². The molecule has 180 valence electrons. The summed E-state index contributed by atoms with van der Waals surface area (Å²) in [5.41, 5.74) is 13.1. The van der Waals surface area contributed by atoms with Gasteiger partial charge >= 0.3 is 0 Å². The minimum atomic E-state index is -0.509. The first-order chi connectivity index (χ1) is 16.8. The number of nitrogen functional groups attached to an aromatic ring is 1. The Morgan fingerprint density at radius 1 is 1.20 bits per heavy atom. The molecule has 4 aromatic rings. The molecule has 1 unspecified atom stereocenters. The van der Waals surface area contributed by atoms with Gasteiger partial charge in [-0.3, -0.25) is 9.36 Å². The van der Waals surface area contributed by atoms with Crippen LogP contribution < -0.4 is 10.5 Å². The minimum Gasteiger partial charge on any atom is -0.482 e. The van der Waals surface area contributed by atoms with Crippen molar-refractivity contribution in [1.29, 1.82) is 0 Å². The van der Waals surface area contributed by atoms with E-state index in [1.807, 2.05) is 27.0 Å². The molecule has 0 radical (unpaired) electrons. The highest BCUT2D eigenvalue weighted by Crippen LogP contribution is 2.41. The van der Waals surface area contributed by atoms with Crippen molar-refractivity contribution < 1.29 is 9.13 Å². The van der Waals surface area contributed by atoms with Crippen LogP contribution in [0.3, 0.4) is 0 Å². The zero-order valence-corrected chi connectivity index (χ0v) is 20.6. The standard InChI is InChI=1S/C26H26ClFN6O/c1-13-19-10-21-23(32-33(3)25(21)27)18-7-6-17(28)9-20(18)14(2)35-22-8-16(11-30-26(22)29)24(19)34(31-13)12-15-4-5-15/h6-9,11,14-15H,4-5,10,12H2,1-3H3,(H2,29,30). The first-order valence-electron chi connectivity index (χ1n) is 11.8. The predicted molar refractivity (Wildman–Crippen MR) is 133 cm³/mol. The predicted octanol–water partition coefficient (Wildman–Crippen LogP) is 5.48. The zero-order chi connectivity index (χ0) is 24.4. The molecule has 3 aromatic heterocycles. The lowest BCUT2D eigenvalue weighted by molar-refractivity contribution is 0.227. The van der Waals surface area contributed by atoms with Crippen molar-refractivity contribution in [1.82, 2.24) is 24.5 Å². The van der Waals surface area contributed by atoms with Crippen LogP contribution in [0.2, 0.25) is 5.15 Å². The van der Waals surface area contributed by atoms with Gasteiger partial charge in [0.05, 0.1) is 17.1 Å². The van der Waals surface area contributed by atoms with Crippen LogP contribution in [0.15, 0.2) is 30.5 Å². The molecule has 4 heterocycles. The molecule has 2 aliphatic rings. The van der Waals surface area contributed by atoms with Gasteiger partial charge in [-0.2, -0.15) is 10.2 Å². The van der Waals surface area contributed by atoms with Crippen LogP contribution in [0.25, 0.3) is 22.5 Å². The number of aryl methyl sites for hydroxylation is 2. The molecule has 1 aromatic carbocycles. The number of halogens is 2. The highest BCUT2D eigenvalue weighted by Gasteiger charge is 2.29. The van der Waals surface area contributed by atoms with E-state index in [2.05, 4.69) is 9.67 Å². The number of hydrogen-bond donors (Lipinski definition) is 1. The van der Waals surface area contributed by atoms with E-state index < -0.39 is 6.10 Å². The van der Waals surface area contributed by atoms with Crippen molar-refractivity contribution in [2.24, 2.45) is 13.0 Å². The van der Waals surface area contributed by atoms with Crippen LogP contribution in [0.1, 0.15) is 48.3 Å². The van der Waals surface area contributed by atoms with Crippen LogP contribution in [0.4, 0.5) is 10.2 Å². The molecule has 35 heavy (non-hydrogen) atoms. The van der Waals surface area contributed by atoms with Gasteiger partial charge in [0.25, 0.3) is 0 Å². The first-order valence-corrected chi connectivity index (χ1v) is 12.2. The van der Waals surface area contributed by atoms with Crippen LogP contribution in [-0.4, -0.2) is 24.5 Å². The maximum atomic E-state index is 14.4. The molecule has 0 saturated heterocycles. The summed E-state index contributed by atoms with van der Waals surface area (Å²) in [5.74, 6) is 1.02. The Morgan fingerprint density at radius 2 is 2.00 bits per heavy atom. The Kier molecular flexibility index (Phi) is 5.11. The van der Waals surface area contributed by atoms with Crippen molar-refractivity contribution in [2.45, 2.75) is 45.8 Å². The number of anilines is 1. The normalized spacial score (nSPS) is 17.0. The number of nitrogens with zero attached hydrogens (tertiary/aromatic N) is 5. The number of fused-ring (bicyclic) bond motifs is 7. The van der Waals surface area contributed by atoms with E-state index in [1.54, 1.807) is 16.9 Å². The maximum Gasteiger partial charge on any atom is 0.166 e. The summed E-state index contributed by atoms with van der Waals surface area (Å²) in [4.78, 5) is 4.44. The van der Waals surface area contributed by atoms with Crippen molar-refractivity contribution in [3.63, 3.8) is 0 Å². The number of ether oxygens (including phenoxy) is 1. The largest absolute Gasteiger partial charge is 0.482 e. The average Bonchev–Trinajstić information content (AvgIpc) is 3.53. The van der Waals surface area contributed by atoms with E-state index in [0.717, 1.165) is 40.2 Å². The Morgan fingerprint density at radius 3 is 2.77 bits per heavy atom. The van der Waals surface area contributed by atoms with Gasteiger partial charge in [-0.1, -0.05) is 11.6 Å². The first kappa shape index (κ1) is 22.1. The van der Waals surface area contributed by atoms with E-state index in [9.17, 15) is 4.39 Å². The van der Waals surface area contributed by atoms with E-state index >= 15 is 0 Å². The lowest BCUT2D eigenvalue weighted by atomic mass is 9.94. The van der Waals surface area contributed by atoms with Crippen LogP contribution in [0.5, 0.6) is 5.75 Å². The quantitative estimate of drug-likeness (QED) is 0.400. The summed E-state index contributed by atoms with van der Waals surface area (Å²) < 4.78 is 24.4. The second-order valence-corrected chi connectivity index (χ2v) is 9.91. The third kappa shape index (κ3) is 3.76. The van der Waals surface area contributed by atoms with Crippen LogP contribution in [0, 0.1) is 18.7 Å². The van der Waals surface area contributed by atoms with E-state index in [4.69, 9.17) is 32.3 Å². The number of hydrogen-bond acceptors (Lipinski definition) is 5. The SMILES string of the molecule is Cc1nn(CC2CC2)c2c1Cc1c(nn(C)c1Cl)-c1ccc(F)cc1C(C)Oc1cc-2cnc1N. The summed E-state index contributed by atoms with van der Waals surface area (Å²) in [5, 5.41) is 10.2. The van der Waals surface area contributed by atoms with Crippen LogP contribution in [-0.2, 0) is 20.0 Å². The molecular formula is C26H26ClFN6O. The van der Waals surface area contributed by atoms with Gasteiger partial charge in [0.1, 0.15) is 17.1 Å². The molecule has 2 bridgehead atoms. The average molecular weight is 493 g/mol. The molecule has 1 aliphatic heterocycles. The lowest BCUT2D eigenvalue weighted by Crippen LogP contribution is -2.10. The van der Waals surface area contributed by atoms with Crippen molar-refractivity contribution >= 4 is 17.4 Å². The van der Waals surface area contributed by atoms with E-state index in [0.29, 0.717) is 34.5 Å². The number of benzene rings is 1. The van der Waals surface area contributed by atoms with Gasteiger partial charge in [0, 0.05) is 54.0 Å². The smallest absolute Gasteiger partial charge is 0.166 e. The molecule has 2 N–H and O–H groups in total. The number of nitrogens with two attached hydrogens (primary N) is 1. The summed E-state index contributed by atoms with van der Waals surface area (Å²) in [6.07, 6.45) is 4.21. The summed E-state index contributed by atoms with van der Waals surface area (Å²) >= 11 is 6.80. The minimum absolute atomic E-state index is 0.281. The molecule has 1 saturated carbocycles. The molecule has 9 heteroatoms. The molecule has 6 rings (SSSR count). The zero-order valence-electron chi connectivity index (χ0n) is 19.8. The molecule has 1 atom stereocenters. The number of pyridine rings is 1. The molecule has 1 aliphatic carbocycles. The number of rotatable bonds is 2. The second-order valence-electron chi connectivity index (χ2n) is 9.56. The van der Waals surface area contributed by atoms with E-state index in [-0.39, 0.29) is 11.6 Å². The summed E-state index contributed by atoms with van der Waals surface area (Å²) in [6.45, 7) is 4.74. The lowest BCUT2D eigenvalue weighted by Gasteiger charge is -2.21. The molecule has 7 nitrogen and oxygen atoms in total. The van der Waals surface area contributed by atoms with Gasteiger partial charge in [0.2, 0.25) is 0 Å². The van der Waals surface area contributed by atoms with Gasteiger partial charge in [-0.05, 0) is 56.9 Å². The van der Waals surface area contributed by atoms with Crippen molar-refractivity contribution in [2.75, 3.05) is 5.73 Å².